The van der Waals surface area contributed by atoms with Crippen molar-refractivity contribution in [3.8, 4) is 11.4 Å². The van der Waals surface area contributed by atoms with Gasteiger partial charge in [-0.1, -0.05) is 81.5 Å². The van der Waals surface area contributed by atoms with E-state index in [2.05, 4.69) is 46.1 Å². The zero-order chi connectivity index (χ0) is 26.2. The Kier molecular flexibility index (Phi) is 9.13. The Labute approximate surface area is 227 Å². The highest BCUT2D eigenvalue weighted by Gasteiger charge is 2.24. The predicted molar refractivity (Wildman–Crippen MR) is 155 cm³/mol. The van der Waals surface area contributed by atoms with Crippen LogP contribution in [-0.4, -0.2) is 54.0 Å². The summed E-state index contributed by atoms with van der Waals surface area (Å²) < 4.78 is 7.78. The van der Waals surface area contributed by atoms with Crippen LogP contribution < -0.4 is 15.2 Å². The summed E-state index contributed by atoms with van der Waals surface area (Å²) in [5.74, 6) is 1.16. The lowest BCUT2D eigenvalue weighted by atomic mass is 9.87. The second-order valence-electron chi connectivity index (χ2n) is 10.8. The van der Waals surface area contributed by atoms with E-state index in [1.54, 1.807) is 0 Å². The minimum absolute atomic E-state index is 0.171. The maximum Gasteiger partial charge on any atom is 0.316 e. The number of hydrogen-bond donors (Lipinski definition) is 0. The van der Waals surface area contributed by atoms with Crippen molar-refractivity contribution in [3.63, 3.8) is 0 Å². The van der Waals surface area contributed by atoms with Crippen LogP contribution >= 0.6 is 0 Å². The number of piperazine rings is 1. The van der Waals surface area contributed by atoms with E-state index in [0.717, 1.165) is 63.4 Å². The van der Waals surface area contributed by atoms with Crippen molar-refractivity contribution in [3.05, 3.63) is 82.3 Å². The highest BCUT2D eigenvalue weighted by atomic mass is 16.5. The second kappa shape index (κ2) is 13.1. The highest BCUT2D eigenvalue weighted by Crippen LogP contribution is 2.29. The molecular weight excluding hydrogens is 472 g/mol. The van der Waals surface area contributed by atoms with Crippen molar-refractivity contribution >= 4 is 5.69 Å². The third-order valence-electron chi connectivity index (χ3n) is 8.27. The molecule has 0 bridgehead atoms. The van der Waals surface area contributed by atoms with E-state index in [1.807, 2.05) is 36.5 Å². The fourth-order valence-electron chi connectivity index (χ4n) is 5.79. The molecule has 2 heterocycles. The summed E-state index contributed by atoms with van der Waals surface area (Å²) in [6.45, 7) is 7.50. The van der Waals surface area contributed by atoms with E-state index >= 15 is 0 Å². The van der Waals surface area contributed by atoms with Crippen LogP contribution in [0.15, 0.2) is 65.6 Å². The van der Waals surface area contributed by atoms with Crippen LogP contribution in [0.2, 0.25) is 0 Å². The molecule has 1 aliphatic heterocycles. The quantitative estimate of drug-likeness (QED) is 0.357. The average molecular weight is 515 g/mol. The van der Waals surface area contributed by atoms with E-state index < -0.39 is 0 Å². The number of ether oxygens (including phenoxy) is 1. The maximum absolute atomic E-state index is 13.6. The number of rotatable bonds is 10. The molecular formula is C32H42N4O2. The molecule has 6 heteroatoms. The second-order valence-corrected chi connectivity index (χ2v) is 10.8. The first-order valence-electron chi connectivity index (χ1n) is 14.6. The van der Waals surface area contributed by atoms with Crippen molar-refractivity contribution in [1.29, 1.82) is 0 Å². The van der Waals surface area contributed by atoms with Crippen molar-refractivity contribution in [2.75, 3.05) is 44.2 Å². The van der Waals surface area contributed by atoms with Crippen molar-refractivity contribution < 1.29 is 4.74 Å². The topological polar surface area (TPSA) is 50.6 Å². The summed E-state index contributed by atoms with van der Waals surface area (Å²) in [6.07, 6.45) is 11.5. The molecule has 0 unspecified atom stereocenters. The average Bonchev–Trinajstić information content (AvgIpc) is 2.98. The van der Waals surface area contributed by atoms with Gasteiger partial charge >= 0.3 is 5.56 Å². The van der Waals surface area contributed by atoms with E-state index in [4.69, 9.17) is 4.74 Å². The molecule has 3 aromatic rings. The monoisotopic (exact) mass is 514 g/mol. The van der Waals surface area contributed by atoms with Gasteiger partial charge in [-0.15, -0.1) is 0 Å². The van der Waals surface area contributed by atoms with Crippen LogP contribution in [0.25, 0.3) is 5.69 Å². The van der Waals surface area contributed by atoms with Gasteiger partial charge < -0.3 is 9.64 Å². The summed E-state index contributed by atoms with van der Waals surface area (Å²) >= 11 is 0. The van der Waals surface area contributed by atoms with E-state index in [1.165, 1.54) is 47.9 Å². The number of aromatic nitrogens is 2. The van der Waals surface area contributed by atoms with Crippen LogP contribution in [0.5, 0.6) is 5.75 Å². The fraction of sp³-hybridized carbons (Fsp3) is 0.500. The molecule has 2 aliphatic rings. The Balaban J connectivity index is 1.25. The Bertz CT molecular complexity index is 1190. The van der Waals surface area contributed by atoms with Crippen molar-refractivity contribution in [2.45, 2.75) is 58.3 Å². The number of aryl methyl sites for hydroxylation is 1. The Morgan fingerprint density at radius 1 is 0.895 bits per heavy atom. The van der Waals surface area contributed by atoms with Crippen molar-refractivity contribution in [1.82, 2.24) is 14.7 Å². The molecule has 1 saturated carbocycles. The molecule has 2 aromatic carbocycles. The van der Waals surface area contributed by atoms with Crippen LogP contribution in [0.4, 0.5) is 5.69 Å². The molecule has 0 spiro atoms. The molecule has 202 valence electrons. The zero-order valence-electron chi connectivity index (χ0n) is 22.9. The first-order valence-corrected chi connectivity index (χ1v) is 14.6. The highest BCUT2D eigenvalue weighted by molar-refractivity contribution is 5.57. The maximum atomic E-state index is 13.6. The lowest BCUT2D eigenvalue weighted by Crippen LogP contribution is -2.47. The molecule has 0 amide bonds. The molecule has 2 fully saturated rings. The molecule has 0 N–H and O–H groups in total. The van der Waals surface area contributed by atoms with Gasteiger partial charge in [0, 0.05) is 32.7 Å². The van der Waals surface area contributed by atoms with Crippen LogP contribution in [0.1, 0.15) is 56.6 Å². The molecule has 0 atom stereocenters. The minimum Gasteiger partial charge on any atom is -0.486 e. The normalized spacial score (nSPS) is 17.0. The van der Waals surface area contributed by atoms with E-state index in [0.29, 0.717) is 18.3 Å². The molecule has 5 rings (SSSR count). The van der Waals surface area contributed by atoms with Gasteiger partial charge in [-0.2, -0.15) is 9.78 Å². The summed E-state index contributed by atoms with van der Waals surface area (Å²) in [6, 6.07) is 18.6. The number of benzene rings is 2. The standard InChI is InChI=1S/C32H42N4O2/c1-2-26-13-15-28(16-14-26)17-19-34-20-22-35(23-21-34)30-25-33-36(29-11-7-4-8-12-29)32(37)31(30)38-24-18-27-9-5-3-6-10-27/h4,7-8,11-16,25,27H,2-3,5-6,9-10,17-24H2,1H3. The lowest BCUT2D eigenvalue weighted by Gasteiger charge is -2.36. The SMILES string of the molecule is CCc1ccc(CCN2CCN(c3cnn(-c4ccccc4)c(=O)c3OCCC3CCCCC3)CC2)cc1. The van der Waals surface area contributed by atoms with Gasteiger partial charge in [-0.25, -0.2) is 0 Å². The Morgan fingerprint density at radius 2 is 1.61 bits per heavy atom. The van der Waals surface area contributed by atoms with Gasteiger partial charge in [0.1, 0.15) is 5.69 Å². The van der Waals surface area contributed by atoms with E-state index in [9.17, 15) is 4.79 Å². The molecule has 1 saturated heterocycles. The Morgan fingerprint density at radius 3 is 2.32 bits per heavy atom. The molecule has 0 radical (unpaired) electrons. The van der Waals surface area contributed by atoms with Gasteiger partial charge in [0.05, 0.1) is 18.5 Å². The van der Waals surface area contributed by atoms with Crippen LogP contribution in [0, 0.1) is 5.92 Å². The first-order chi connectivity index (χ1) is 18.7. The third kappa shape index (κ3) is 6.65. The number of hydrogen-bond acceptors (Lipinski definition) is 5. The molecule has 38 heavy (non-hydrogen) atoms. The van der Waals surface area contributed by atoms with Crippen molar-refractivity contribution in [2.24, 2.45) is 5.92 Å². The Hall–Kier alpha value is -3.12. The van der Waals surface area contributed by atoms with Gasteiger partial charge in [0.2, 0.25) is 5.75 Å². The largest absolute Gasteiger partial charge is 0.486 e. The van der Waals surface area contributed by atoms with Gasteiger partial charge in [0.15, 0.2) is 0 Å². The van der Waals surface area contributed by atoms with E-state index in [-0.39, 0.29) is 5.56 Å². The first kappa shape index (κ1) is 26.5. The summed E-state index contributed by atoms with van der Waals surface area (Å²) in [7, 11) is 0. The summed E-state index contributed by atoms with van der Waals surface area (Å²) in [4.78, 5) is 18.4. The fourth-order valence-corrected chi connectivity index (χ4v) is 5.79. The van der Waals surface area contributed by atoms with Crippen LogP contribution in [0.3, 0.4) is 0 Å². The molecule has 6 nitrogen and oxygen atoms in total. The minimum atomic E-state index is -0.171. The number of anilines is 1. The summed E-state index contributed by atoms with van der Waals surface area (Å²) in [5.41, 5.74) is 4.21. The third-order valence-corrected chi connectivity index (χ3v) is 8.27. The molecule has 1 aliphatic carbocycles. The number of nitrogens with zero attached hydrogens (tertiary/aromatic N) is 4. The van der Waals surface area contributed by atoms with Gasteiger partial charge in [-0.3, -0.25) is 9.69 Å². The van der Waals surface area contributed by atoms with Gasteiger partial charge in [-0.05, 0) is 48.4 Å². The zero-order valence-corrected chi connectivity index (χ0v) is 22.9. The van der Waals surface area contributed by atoms with Crippen LogP contribution in [-0.2, 0) is 12.8 Å². The summed E-state index contributed by atoms with van der Waals surface area (Å²) in [5, 5.41) is 4.56. The molecule has 1 aromatic heterocycles. The smallest absolute Gasteiger partial charge is 0.316 e. The van der Waals surface area contributed by atoms with Gasteiger partial charge in [0.25, 0.3) is 0 Å². The predicted octanol–water partition coefficient (Wildman–Crippen LogP) is 5.51. The lowest BCUT2D eigenvalue weighted by molar-refractivity contribution is 0.240. The number of para-hydroxylation sites is 1.